The number of benzene rings is 1. The number of nitriles is 1. The molecule has 8 nitrogen and oxygen atoms in total. The number of carbonyl (C=O) groups excluding carboxylic acids is 2. The van der Waals surface area contributed by atoms with Crippen LogP contribution in [0.25, 0.3) is 0 Å². The van der Waals surface area contributed by atoms with Crippen molar-refractivity contribution < 1.29 is 27.5 Å². The molecule has 1 fully saturated rings. The summed E-state index contributed by atoms with van der Waals surface area (Å²) in [6, 6.07) is 7.74. The van der Waals surface area contributed by atoms with Crippen molar-refractivity contribution >= 4 is 21.7 Å². The number of esters is 1. The van der Waals surface area contributed by atoms with Crippen LogP contribution in [0.1, 0.15) is 25.8 Å². The number of amides is 1. The van der Waals surface area contributed by atoms with E-state index in [0.29, 0.717) is 17.7 Å². The molecule has 2 rings (SSSR count). The summed E-state index contributed by atoms with van der Waals surface area (Å²) in [6.45, 7) is 2.89. The van der Waals surface area contributed by atoms with Gasteiger partial charge in [-0.2, -0.15) is 5.26 Å². The first kappa shape index (κ1) is 19.7. The predicted octanol–water partition coefficient (Wildman–Crippen LogP) is 0.561. The molecule has 9 heteroatoms. The number of nitrogens with zero attached hydrogens (tertiary/aromatic N) is 1. The smallest absolute Gasteiger partial charge is 0.347 e. The number of rotatable bonds is 6. The van der Waals surface area contributed by atoms with Crippen molar-refractivity contribution in [2.75, 3.05) is 11.5 Å². The quantitative estimate of drug-likeness (QED) is 0.715. The minimum Gasteiger partial charge on any atom is -0.479 e. The number of carbonyl (C=O) groups is 2. The maximum absolute atomic E-state index is 12.1. The van der Waals surface area contributed by atoms with Gasteiger partial charge in [-0.15, -0.1) is 0 Å². The van der Waals surface area contributed by atoms with Gasteiger partial charge in [0.1, 0.15) is 5.75 Å². The van der Waals surface area contributed by atoms with Gasteiger partial charge >= 0.3 is 5.97 Å². The van der Waals surface area contributed by atoms with Crippen LogP contribution in [0, 0.1) is 11.3 Å². The highest BCUT2D eigenvalue weighted by atomic mass is 32.2. The second kappa shape index (κ2) is 8.19. The van der Waals surface area contributed by atoms with Gasteiger partial charge in [0.25, 0.3) is 5.91 Å². The molecule has 1 saturated heterocycles. The van der Waals surface area contributed by atoms with E-state index < -0.39 is 40.0 Å². The van der Waals surface area contributed by atoms with Crippen LogP contribution in [0.3, 0.4) is 0 Å². The van der Waals surface area contributed by atoms with Gasteiger partial charge in [-0.3, -0.25) is 4.79 Å². The maximum atomic E-state index is 12.1. The Labute approximate surface area is 152 Å². The Bertz CT molecular complexity index is 813. The van der Waals surface area contributed by atoms with Crippen LogP contribution in [0.2, 0.25) is 0 Å². The van der Waals surface area contributed by atoms with E-state index in [4.69, 9.17) is 14.7 Å². The summed E-state index contributed by atoms with van der Waals surface area (Å²) in [7, 11) is -3.11. The molecule has 1 N–H and O–H groups in total. The Morgan fingerprint density at radius 2 is 1.88 bits per heavy atom. The van der Waals surface area contributed by atoms with Crippen molar-refractivity contribution in [1.82, 2.24) is 5.32 Å². The van der Waals surface area contributed by atoms with Crippen LogP contribution in [-0.2, 0) is 24.2 Å². The van der Waals surface area contributed by atoms with Crippen LogP contribution in [0.5, 0.6) is 5.75 Å². The van der Waals surface area contributed by atoms with E-state index in [1.807, 2.05) is 6.07 Å². The molecule has 1 heterocycles. The lowest BCUT2D eigenvalue weighted by atomic mass is 10.2. The number of ether oxygens (including phenoxy) is 2. The lowest BCUT2D eigenvalue weighted by molar-refractivity contribution is -0.161. The second-order valence-electron chi connectivity index (χ2n) is 6.08. The fraction of sp³-hybridized carbons (Fsp3) is 0.471. The zero-order chi connectivity index (χ0) is 19.3. The van der Waals surface area contributed by atoms with E-state index in [9.17, 15) is 18.0 Å². The van der Waals surface area contributed by atoms with Gasteiger partial charge in [-0.25, -0.2) is 13.2 Å². The van der Waals surface area contributed by atoms with E-state index in [1.165, 1.54) is 13.8 Å². The first-order valence-electron chi connectivity index (χ1n) is 8.08. The number of hydrogen-bond donors (Lipinski definition) is 1. The van der Waals surface area contributed by atoms with E-state index in [-0.39, 0.29) is 11.5 Å². The van der Waals surface area contributed by atoms with E-state index in [0.717, 1.165) is 0 Å². The van der Waals surface area contributed by atoms with Gasteiger partial charge < -0.3 is 14.8 Å². The van der Waals surface area contributed by atoms with Gasteiger partial charge in [0.15, 0.2) is 22.0 Å². The largest absolute Gasteiger partial charge is 0.479 e. The summed E-state index contributed by atoms with van der Waals surface area (Å²) < 4.78 is 33.3. The van der Waals surface area contributed by atoms with Crippen molar-refractivity contribution in [2.45, 2.75) is 38.5 Å². The Balaban J connectivity index is 1.83. The van der Waals surface area contributed by atoms with Gasteiger partial charge in [0.2, 0.25) is 0 Å². The predicted molar refractivity (Wildman–Crippen MR) is 92.0 cm³/mol. The summed E-state index contributed by atoms with van der Waals surface area (Å²) >= 11 is 0. The highest BCUT2D eigenvalue weighted by Gasteiger charge is 2.31. The third-order valence-corrected chi connectivity index (χ3v) is 5.64. The maximum Gasteiger partial charge on any atom is 0.347 e. The van der Waals surface area contributed by atoms with Crippen LogP contribution in [0.15, 0.2) is 24.3 Å². The molecule has 1 aromatic carbocycles. The molecule has 0 radical (unpaired) electrons. The Morgan fingerprint density at radius 1 is 1.23 bits per heavy atom. The average Bonchev–Trinajstić information content (AvgIpc) is 2.93. The lowest BCUT2D eigenvalue weighted by Crippen LogP contribution is -2.43. The number of nitrogens with one attached hydrogen (secondary N) is 1. The first-order valence-corrected chi connectivity index (χ1v) is 9.90. The molecule has 1 aliphatic heterocycles. The van der Waals surface area contributed by atoms with Gasteiger partial charge in [0.05, 0.1) is 23.1 Å². The molecule has 0 bridgehead atoms. The van der Waals surface area contributed by atoms with Crippen LogP contribution in [-0.4, -0.2) is 50.0 Å². The number of hydrogen-bond acceptors (Lipinski definition) is 7. The fourth-order valence-electron chi connectivity index (χ4n) is 2.41. The summed E-state index contributed by atoms with van der Waals surface area (Å²) in [6.07, 6.45) is -1.67. The van der Waals surface area contributed by atoms with Gasteiger partial charge in [-0.05, 0) is 44.5 Å². The molecule has 1 aliphatic rings. The van der Waals surface area contributed by atoms with Crippen molar-refractivity contribution in [3.8, 4) is 11.8 Å². The minimum atomic E-state index is -3.11. The minimum absolute atomic E-state index is 0.0432. The van der Waals surface area contributed by atoms with Crippen LogP contribution < -0.4 is 10.1 Å². The summed E-state index contributed by atoms with van der Waals surface area (Å²) in [4.78, 5) is 24.1. The van der Waals surface area contributed by atoms with Crippen molar-refractivity contribution in [3.63, 3.8) is 0 Å². The Morgan fingerprint density at radius 3 is 2.42 bits per heavy atom. The Hall–Kier alpha value is -2.60. The Kier molecular flexibility index (Phi) is 6.21. The lowest BCUT2D eigenvalue weighted by Gasteiger charge is -2.19. The molecule has 1 aromatic rings. The van der Waals surface area contributed by atoms with Gasteiger partial charge in [-0.1, -0.05) is 0 Å². The molecule has 0 unspecified atom stereocenters. The standard InChI is InChI=1S/C17H20N2O6S/c1-11(16(20)19-14-7-8-26(22,23)10-14)25-17(21)12(2)24-15-5-3-13(9-18)4-6-15/h3-6,11-12,14H,7-8,10H2,1-2H3,(H,19,20)/t11-,12-,14+/m1/s1. The van der Waals surface area contributed by atoms with E-state index in [1.54, 1.807) is 24.3 Å². The molecule has 0 saturated carbocycles. The van der Waals surface area contributed by atoms with Crippen LogP contribution in [0.4, 0.5) is 0 Å². The molecule has 1 amide bonds. The molecular weight excluding hydrogens is 360 g/mol. The monoisotopic (exact) mass is 380 g/mol. The van der Waals surface area contributed by atoms with Gasteiger partial charge in [0, 0.05) is 6.04 Å². The molecular formula is C17H20N2O6S. The fourth-order valence-corrected chi connectivity index (χ4v) is 4.08. The summed E-state index contributed by atoms with van der Waals surface area (Å²) in [5, 5.41) is 11.3. The van der Waals surface area contributed by atoms with Crippen molar-refractivity contribution in [3.05, 3.63) is 29.8 Å². The molecule has 26 heavy (non-hydrogen) atoms. The van der Waals surface area contributed by atoms with E-state index in [2.05, 4.69) is 5.32 Å². The topological polar surface area (TPSA) is 123 Å². The molecule has 0 aliphatic carbocycles. The molecule has 140 valence electrons. The third kappa shape index (κ3) is 5.46. The molecule has 0 aromatic heterocycles. The summed E-state index contributed by atoms with van der Waals surface area (Å²) in [5.41, 5.74) is 0.465. The highest BCUT2D eigenvalue weighted by Crippen LogP contribution is 2.15. The molecule has 3 atom stereocenters. The number of sulfone groups is 1. The van der Waals surface area contributed by atoms with E-state index >= 15 is 0 Å². The van der Waals surface area contributed by atoms with Crippen molar-refractivity contribution in [2.24, 2.45) is 0 Å². The third-order valence-electron chi connectivity index (χ3n) is 3.87. The average molecular weight is 380 g/mol. The molecule has 0 spiro atoms. The zero-order valence-corrected chi connectivity index (χ0v) is 15.3. The zero-order valence-electron chi connectivity index (χ0n) is 14.5. The first-order chi connectivity index (χ1) is 12.2. The highest BCUT2D eigenvalue weighted by molar-refractivity contribution is 7.91. The van der Waals surface area contributed by atoms with Crippen molar-refractivity contribution in [1.29, 1.82) is 5.26 Å². The normalized spacial score (nSPS) is 20.4. The second-order valence-corrected chi connectivity index (χ2v) is 8.31. The van der Waals surface area contributed by atoms with Crippen LogP contribution >= 0.6 is 0 Å². The summed E-state index contributed by atoms with van der Waals surface area (Å²) in [5.74, 6) is -0.942. The SMILES string of the molecule is C[C@@H](OC(=O)[C@@H](C)Oc1ccc(C#N)cc1)C(=O)N[C@H]1CCS(=O)(=O)C1.